The minimum absolute atomic E-state index is 0.0496. The van der Waals surface area contributed by atoms with E-state index in [0.717, 1.165) is 13.2 Å². The highest BCUT2D eigenvalue weighted by atomic mass is 16.5. The van der Waals surface area contributed by atoms with E-state index in [-0.39, 0.29) is 6.04 Å². The molecular weight excluding hydrogens is 224 g/mol. The topological polar surface area (TPSA) is 38.5 Å². The summed E-state index contributed by atoms with van der Waals surface area (Å²) in [5.74, 6) is 0. The highest BCUT2D eigenvalue weighted by molar-refractivity contribution is 5.31. The van der Waals surface area contributed by atoms with E-state index in [4.69, 9.17) is 10.5 Å². The molecule has 2 unspecified atom stereocenters. The smallest absolute Gasteiger partial charge is 0.0615 e. The first-order valence-electron chi connectivity index (χ1n) is 6.47. The first kappa shape index (κ1) is 15.2. The minimum Gasteiger partial charge on any atom is -0.383 e. The van der Waals surface area contributed by atoms with Crippen molar-refractivity contribution in [3.8, 4) is 0 Å². The van der Waals surface area contributed by atoms with Gasteiger partial charge in [-0.2, -0.15) is 0 Å². The van der Waals surface area contributed by atoms with Crippen LogP contribution >= 0.6 is 0 Å². The third-order valence-electron chi connectivity index (χ3n) is 3.60. The lowest BCUT2D eigenvalue weighted by Crippen LogP contribution is -2.37. The van der Waals surface area contributed by atoms with Gasteiger partial charge in [0.15, 0.2) is 0 Å². The highest BCUT2D eigenvalue weighted by Gasteiger charge is 2.14. The molecule has 2 N–H and O–H groups in total. The third-order valence-corrected chi connectivity index (χ3v) is 3.60. The minimum atomic E-state index is 0.0496. The van der Waals surface area contributed by atoms with Gasteiger partial charge in [-0.15, -0.1) is 0 Å². The number of nitrogens with zero attached hydrogens (tertiary/aromatic N) is 1. The molecule has 0 radical (unpaired) electrons. The van der Waals surface area contributed by atoms with Crippen LogP contribution in [0.1, 0.15) is 29.7 Å². The molecule has 1 aromatic rings. The zero-order chi connectivity index (χ0) is 13.7. The molecule has 1 aromatic carbocycles. The maximum atomic E-state index is 6.27. The van der Waals surface area contributed by atoms with E-state index in [1.807, 2.05) is 0 Å². The number of hydrogen-bond donors (Lipinski definition) is 1. The molecule has 0 saturated heterocycles. The van der Waals surface area contributed by atoms with E-state index in [1.165, 1.54) is 16.7 Å². The summed E-state index contributed by atoms with van der Waals surface area (Å²) < 4.78 is 5.16. The summed E-state index contributed by atoms with van der Waals surface area (Å²) in [7, 11) is 3.82. The van der Waals surface area contributed by atoms with Gasteiger partial charge in [0.1, 0.15) is 0 Å². The van der Waals surface area contributed by atoms with Crippen molar-refractivity contribution in [2.75, 3.05) is 27.3 Å². The summed E-state index contributed by atoms with van der Waals surface area (Å²) in [4.78, 5) is 2.24. The van der Waals surface area contributed by atoms with Gasteiger partial charge in [-0.25, -0.2) is 0 Å². The molecule has 2 atom stereocenters. The molecule has 0 amide bonds. The summed E-state index contributed by atoms with van der Waals surface area (Å²) in [6.45, 7) is 7.97. The number of ether oxygens (including phenoxy) is 1. The van der Waals surface area contributed by atoms with E-state index in [9.17, 15) is 0 Å². The Morgan fingerprint density at radius 1 is 1.28 bits per heavy atom. The van der Waals surface area contributed by atoms with E-state index < -0.39 is 0 Å². The first-order valence-corrected chi connectivity index (χ1v) is 6.47. The molecule has 0 heterocycles. The monoisotopic (exact) mass is 250 g/mol. The van der Waals surface area contributed by atoms with E-state index in [0.29, 0.717) is 6.04 Å². The number of hydrogen-bond acceptors (Lipinski definition) is 3. The maximum Gasteiger partial charge on any atom is 0.0615 e. The molecule has 3 nitrogen and oxygen atoms in total. The lowest BCUT2D eigenvalue weighted by molar-refractivity contribution is 0.112. The van der Waals surface area contributed by atoms with Crippen LogP contribution in [0.15, 0.2) is 18.2 Å². The Balaban J connectivity index is 2.64. The first-order chi connectivity index (χ1) is 8.45. The third kappa shape index (κ3) is 4.09. The molecule has 0 aliphatic heterocycles. The summed E-state index contributed by atoms with van der Waals surface area (Å²) in [5, 5.41) is 0. The fourth-order valence-electron chi connectivity index (χ4n) is 1.96. The average Bonchev–Trinajstić information content (AvgIpc) is 2.32. The molecule has 18 heavy (non-hydrogen) atoms. The molecule has 0 spiro atoms. The summed E-state index contributed by atoms with van der Waals surface area (Å²) in [5.41, 5.74) is 10.1. The Labute approximate surface area is 111 Å². The second-order valence-corrected chi connectivity index (χ2v) is 5.19. The van der Waals surface area contributed by atoms with Gasteiger partial charge < -0.3 is 10.5 Å². The predicted octanol–water partition coefficient (Wildman–Crippen LogP) is 2.27. The SMILES string of the molecule is COCC(C)N(C)CC(N)c1ccc(C)c(C)c1. The standard InChI is InChI=1S/C15H26N2O/c1-11-6-7-14(8-12(11)2)15(16)9-17(4)13(3)10-18-5/h6-8,13,15H,9-10,16H2,1-5H3. The van der Waals surface area contributed by atoms with Crippen molar-refractivity contribution in [1.82, 2.24) is 4.90 Å². The van der Waals surface area contributed by atoms with Gasteiger partial charge in [-0.3, -0.25) is 4.90 Å². The van der Waals surface area contributed by atoms with Crippen molar-refractivity contribution in [1.29, 1.82) is 0 Å². The molecular formula is C15H26N2O. The van der Waals surface area contributed by atoms with Crippen LogP contribution in [0.25, 0.3) is 0 Å². The van der Waals surface area contributed by atoms with Crippen molar-refractivity contribution in [3.63, 3.8) is 0 Å². The molecule has 0 saturated carbocycles. The molecule has 0 bridgehead atoms. The fourth-order valence-corrected chi connectivity index (χ4v) is 1.96. The van der Waals surface area contributed by atoms with Gasteiger partial charge in [-0.05, 0) is 44.5 Å². The quantitative estimate of drug-likeness (QED) is 0.841. The Bertz CT molecular complexity index is 379. The van der Waals surface area contributed by atoms with Crippen LogP contribution in [0, 0.1) is 13.8 Å². The van der Waals surface area contributed by atoms with Gasteiger partial charge in [0, 0.05) is 25.7 Å². The summed E-state index contributed by atoms with van der Waals surface area (Å²) in [6, 6.07) is 6.89. The lowest BCUT2D eigenvalue weighted by Gasteiger charge is -2.27. The maximum absolute atomic E-state index is 6.27. The molecule has 0 aliphatic carbocycles. The Hall–Kier alpha value is -0.900. The Kier molecular flexibility index (Phi) is 5.79. The Morgan fingerprint density at radius 3 is 2.50 bits per heavy atom. The zero-order valence-electron chi connectivity index (χ0n) is 12.2. The van der Waals surface area contributed by atoms with Crippen LogP contribution in [0.5, 0.6) is 0 Å². The largest absolute Gasteiger partial charge is 0.383 e. The van der Waals surface area contributed by atoms with Crippen LogP contribution in [-0.2, 0) is 4.74 Å². The van der Waals surface area contributed by atoms with Crippen molar-refractivity contribution >= 4 is 0 Å². The van der Waals surface area contributed by atoms with E-state index in [1.54, 1.807) is 7.11 Å². The number of methoxy groups -OCH3 is 1. The van der Waals surface area contributed by atoms with Crippen molar-refractivity contribution in [3.05, 3.63) is 34.9 Å². The van der Waals surface area contributed by atoms with Gasteiger partial charge in [0.2, 0.25) is 0 Å². The van der Waals surface area contributed by atoms with Gasteiger partial charge in [0.25, 0.3) is 0 Å². The summed E-state index contributed by atoms with van der Waals surface area (Å²) in [6.07, 6.45) is 0. The normalized spacial score (nSPS) is 14.8. The van der Waals surface area contributed by atoms with Gasteiger partial charge in [0.05, 0.1) is 6.61 Å². The molecule has 0 fully saturated rings. The number of aryl methyl sites for hydroxylation is 2. The van der Waals surface area contributed by atoms with Gasteiger partial charge >= 0.3 is 0 Å². The molecule has 3 heteroatoms. The van der Waals surface area contributed by atoms with Crippen LogP contribution in [0.3, 0.4) is 0 Å². The number of rotatable bonds is 6. The van der Waals surface area contributed by atoms with E-state index >= 15 is 0 Å². The van der Waals surface area contributed by atoms with Gasteiger partial charge in [-0.1, -0.05) is 18.2 Å². The Morgan fingerprint density at radius 2 is 1.94 bits per heavy atom. The second kappa shape index (κ2) is 6.88. The molecule has 0 aliphatic rings. The van der Waals surface area contributed by atoms with Crippen LogP contribution < -0.4 is 5.73 Å². The van der Waals surface area contributed by atoms with Crippen LogP contribution in [0.4, 0.5) is 0 Å². The molecule has 0 aromatic heterocycles. The number of likely N-dealkylation sites (N-methyl/N-ethyl adjacent to an activating group) is 1. The average molecular weight is 250 g/mol. The molecule has 102 valence electrons. The molecule has 1 rings (SSSR count). The van der Waals surface area contributed by atoms with Crippen molar-refractivity contribution in [2.45, 2.75) is 32.9 Å². The van der Waals surface area contributed by atoms with Crippen LogP contribution in [0.2, 0.25) is 0 Å². The number of nitrogens with two attached hydrogens (primary N) is 1. The number of benzene rings is 1. The lowest BCUT2D eigenvalue weighted by atomic mass is 10.0. The highest BCUT2D eigenvalue weighted by Crippen LogP contribution is 2.16. The summed E-state index contributed by atoms with van der Waals surface area (Å²) >= 11 is 0. The second-order valence-electron chi connectivity index (χ2n) is 5.19. The predicted molar refractivity (Wildman–Crippen MR) is 76.8 cm³/mol. The van der Waals surface area contributed by atoms with Crippen LogP contribution in [-0.4, -0.2) is 38.3 Å². The van der Waals surface area contributed by atoms with Crippen molar-refractivity contribution < 1.29 is 4.74 Å². The van der Waals surface area contributed by atoms with E-state index in [2.05, 4.69) is 50.9 Å². The van der Waals surface area contributed by atoms with Crippen molar-refractivity contribution in [2.24, 2.45) is 5.73 Å². The zero-order valence-corrected chi connectivity index (χ0v) is 12.2. The fraction of sp³-hybridized carbons (Fsp3) is 0.600.